The molecule has 0 spiro atoms. The van der Waals surface area contributed by atoms with Gasteiger partial charge in [-0.1, -0.05) is 12.1 Å². The Bertz CT molecular complexity index is 788. The molecule has 0 unspecified atom stereocenters. The van der Waals surface area contributed by atoms with Gasteiger partial charge in [0, 0.05) is 29.1 Å². The van der Waals surface area contributed by atoms with Crippen LogP contribution in [0.1, 0.15) is 12.0 Å². The molecule has 5 heteroatoms. The van der Waals surface area contributed by atoms with Crippen LogP contribution in [0.15, 0.2) is 53.4 Å². The summed E-state index contributed by atoms with van der Waals surface area (Å²) in [6.45, 7) is 0.729. The van der Waals surface area contributed by atoms with Crippen LogP contribution in [0, 0.1) is 0 Å². The number of thioether (sulfide) groups is 1. The van der Waals surface area contributed by atoms with E-state index in [1.165, 1.54) is 0 Å². The minimum absolute atomic E-state index is 0.0205. The lowest BCUT2D eigenvalue weighted by atomic mass is 10.1. The highest BCUT2D eigenvalue weighted by molar-refractivity contribution is 7.99. The zero-order chi connectivity index (χ0) is 17.6. The Kier molecular flexibility index (Phi) is 5.66. The van der Waals surface area contributed by atoms with Crippen LogP contribution in [0.25, 0.3) is 6.08 Å². The molecule has 130 valence electrons. The molecule has 1 aliphatic rings. The van der Waals surface area contributed by atoms with Crippen molar-refractivity contribution < 1.29 is 14.3 Å². The minimum Gasteiger partial charge on any atom is -0.497 e. The summed E-state index contributed by atoms with van der Waals surface area (Å²) in [6.07, 6.45) is 4.38. The standard InChI is InChI=1S/C20H21NO3S/c1-23-16-10-8-15(18(14-16)24-2)9-11-20(22)21-12-5-13-25-19-7-4-3-6-17(19)21/h3-4,6-11,14H,5,12-13H2,1-2H3/b11-9+. The molecular formula is C20H21NO3S. The van der Waals surface area contributed by atoms with E-state index < -0.39 is 0 Å². The van der Waals surface area contributed by atoms with E-state index in [4.69, 9.17) is 9.47 Å². The average Bonchev–Trinajstić information content (AvgIpc) is 2.88. The number of carbonyl (C=O) groups excluding carboxylic acids is 1. The first-order valence-corrected chi connectivity index (χ1v) is 9.15. The van der Waals surface area contributed by atoms with Gasteiger partial charge in [0.25, 0.3) is 5.91 Å². The third-order valence-electron chi connectivity index (χ3n) is 4.05. The third kappa shape index (κ3) is 3.99. The Morgan fingerprint density at radius 2 is 2.00 bits per heavy atom. The Morgan fingerprint density at radius 1 is 1.16 bits per heavy atom. The van der Waals surface area contributed by atoms with Crippen LogP contribution in [-0.2, 0) is 4.79 Å². The molecule has 2 aromatic carbocycles. The fourth-order valence-electron chi connectivity index (χ4n) is 2.76. The quantitative estimate of drug-likeness (QED) is 0.769. The molecule has 2 aromatic rings. The molecule has 0 bridgehead atoms. The van der Waals surface area contributed by atoms with Gasteiger partial charge in [-0.15, -0.1) is 11.8 Å². The second-order valence-electron chi connectivity index (χ2n) is 5.60. The average molecular weight is 355 g/mol. The maximum Gasteiger partial charge on any atom is 0.251 e. The number of rotatable bonds is 4. The number of anilines is 1. The number of nitrogens with zero attached hydrogens (tertiary/aromatic N) is 1. The minimum atomic E-state index is -0.0205. The van der Waals surface area contributed by atoms with Gasteiger partial charge in [0.1, 0.15) is 11.5 Å². The monoisotopic (exact) mass is 355 g/mol. The number of hydrogen-bond donors (Lipinski definition) is 0. The largest absolute Gasteiger partial charge is 0.497 e. The molecule has 0 saturated carbocycles. The van der Waals surface area contributed by atoms with Crippen molar-refractivity contribution in [2.24, 2.45) is 0 Å². The number of benzene rings is 2. The fourth-order valence-corrected chi connectivity index (χ4v) is 3.76. The normalized spacial score (nSPS) is 14.1. The van der Waals surface area contributed by atoms with Crippen molar-refractivity contribution in [1.82, 2.24) is 0 Å². The molecule has 25 heavy (non-hydrogen) atoms. The molecule has 0 N–H and O–H groups in total. The number of methoxy groups -OCH3 is 2. The topological polar surface area (TPSA) is 38.8 Å². The van der Waals surface area contributed by atoms with Crippen molar-refractivity contribution in [2.45, 2.75) is 11.3 Å². The SMILES string of the molecule is COc1ccc(/C=C/C(=O)N2CCCSc3ccccc32)c(OC)c1. The molecule has 4 nitrogen and oxygen atoms in total. The lowest BCUT2D eigenvalue weighted by Gasteiger charge is -2.20. The number of hydrogen-bond acceptors (Lipinski definition) is 4. The Labute approximate surface area is 152 Å². The van der Waals surface area contributed by atoms with Crippen LogP contribution >= 0.6 is 11.8 Å². The molecule has 0 aliphatic carbocycles. The van der Waals surface area contributed by atoms with Gasteiger partial charge in [0.2, 0.25) is 0 Å². The summed E-state index contributed by atoms with van der Waals surface area (Å²) in [6, 6.07) is 13.6. The molecule has 3 rings (SSSR count). The lowest BCUT2D eigenvalue weighted by Crippen LogP contribution is -2.30. The van der Waals surface area contributed by atoms with Crippen LogP contribution in [0.3, 0.4) is 0 Å². The van der Waals surface area contributed by atoms with Crippen LogP contribution in [0.4, 0.5) is 5.69 Å². The number of amides is 1. The number of fused-ring (bicyclic) bond motifs is 1. The van der Waals surface area contributed by atoms with E-state index >= 15 is 0 Å². The van der Waals surface area contributed by atoms with Gasteiger partial charge in [-0.3, -0.25) is 4.79 Å². The first kappa shape index (κ1) is 17.4. The molecular weight excluding hydrogens is 334 g/mol. The first-order valence-electron chi connectivity index (χ1n) is 8.16. The van der Waals surface area contributed by atoms with Gasteiger partial charge in [0.05, 0.1) is 19.9 Å². The molecule has 1 amide bonds. The summed E-state index contributed by atoms with van der Waals surface area (Å²) in [5.74, 6) is 2.40. The maximum absolute atomic E-state index is 12.8. The summed E-state index contributed by atoms with van der Waals surface area (Å²) in [4.78, 5) is 15.8. The summed E-state index contributed by atoms with van der Waals surface area (Å²) < 4.78 is 10.6. The van der Waals surface area contributed by atoms with Crippen molar-refractivity contribution in [3.8, 4) is 11.5 Å². The van der Waals surface area contributed by atoms with Crippen molar-refractivity contribution in [3.05, 3.63) is 54.1 Å². The van der Waals surface area contributed by atoms with E-state index in [1.807, 2.05) is 41.3 Å². The van der Waals surface area contributed by atoms with E-state index in [-0.39, 0.29) is 5.91 Å². The third-order valence-corrected chi connectivity index (χ3v) is 5.20. The van der Waals surface area contributed by atoms with Crippen LogP contribution in [0.5, 0.6) is 11.5 Å². The maximum atomic E-state index is 12.8. The van der Waals surface area contributed by atoms with Gasteiger partial charge in [0.15, 0.2) is 0 Å². The van der Waals surface area contributed by atoms with Crippen molar-refractivity contribution in [2.75, 3.05) is 31.4 Å². The molecule has 0 fully saturated rings. The highest BCUT2D eigenvalue weighted by Crippen LogP contribution is 2.34. The molecule has 1 heterocycles. The summed E-state index contributed by atoms with van der Waals surface area (Å²) in [5, 5.41) is 0. The smallest absolute Gasteiger partial charge is 0.251 e. The van der Waals surface area contributed by atoms with Gasteiger partial charge in [-0.2, -0.15) is 0 Å². The zero-order valence-corrected chi connectivity index (χ0v) is 15.2. The van der Waals surface area contributed by atoms with E-state index in [0.717, 1.165) is 40.6 Å². The van der Waals surface area contributed by atoms with E-state index in [0.29, 0.717) is 5.75 Å². The molecule has 0 aromatic heterocycles. The van der Waals surface area contributed by atoms with Crippen molar-refractivity contribution in [1.29, 1.82) is 0 Å². The Balaban J connectivity index is 1.84. The first-order chi connectivity index (χ1) is 12.2. The van der Waals surface area contributed by atoms with E-state index in [9.17, 15) is 4.79 Å². The van der Waals surface area contributed by atoms with Crippen molar-refractivity contribution in [3.63, 3.8) is 0 Å². The summed E-state index contributed by atoms with van der Waals surface area (Å²) in [5.41, 5.74) is 1.83. The van der Waals surface area contributed by atoms with Crippen LogP contribution < -0.4 is 14.4 Å². The Morgan fingerprint density at radius 3 is 2.80 bits per heavy atom. The van der Waals surface area contributed by atoms with Crippen LogP contribution in [-0.4, -0.2) is 32.4 Å². The van der Waals surface area contributed by atoms with E-state index in [2.05, 4.69) is 6.07 Å². The predicted molar refractivity (Wildman–Crippen MR) is 103 cm³/mol. The lowest BCUT2D eigenvalue weighted by molar-refractivity contribution is -0.114. The zero-order valence-electron chi connectivity index (χ0n) is 14.4. The molecule has 0 saturated heterocycles. The highest BCUT2D eigenvalue weighted by atomic mass is 32.2. The van der Waals surface area contributed by atoms with Crippen LogP contribution in [0.2, 0.25) is 0 Å². The van der Waals surface area contributed by atoms with Gasteiger partial charge >= 0.3 is 0 Å². The second kappa shape index (κ2) is 8.12. The van der Waals surface area contributed by atoms with Gasteiger partial charge in [-0.05, 0) is 42.5 Å². The fraction of sp³-hybridized carbons (Fsp3) is 0.250. The predicted octanol–water partition coefficient (Wildman–Crippen LogP) is 4.25. The number of carbonyl (C=O) groups is 1. The van der Waals surface area contributed by atoms with Crippen molar-refractivity contribution >= 4 is 29.4 Å². The Hall–Kier alpha value is -2.40. The number of ether oxygens (including phenoxy) is 2. The van der Waals surface area contributed by atoms with E-state index in [1.54, 1.807) is 38.1 Å². The summed E-state index contributed by atoms with van der Waals surface area (Å²) in [7, 11) is 3.22. The highest BCUT2D eigenvalue weighted by Gasteiger charge is 2.19. The molecule has 0 radical (unpaired) electrons. The second-order valence-corrected chi connectivity index (χ2v) is 6.74. The molecule has 0 atom stereocenters. The molecule has 1 aliphatic heterocycles. The number of para-hydroxylation sites is 1. The van der Waals surface area contributed by atoms with Gasteiger partial charge in [-0.25, -0.2) is 0 Å². The summed E-state index contributed by atoms with van der Waals surface area (Å²) >= 11 is 1.80. The van der Waals surface area contributed by atoms with Gasteiger partial charge < -0.3 is 14.4 Å².